The van der Waals surface area contributed by atoms with Crippen LogP contribution in [-0.4, -0.2) is 4.98 Å². The quantitative estimate of drug-likeness (QED) is 0.556. The number of rotatable bonds is 0. The zero-order chi connectivity index (χ0) is 7.11. The third kappa shape index (κ3) is 10.9. The molecule has 0 saturated carbocycles. The van der Waals surface area contributed by atoms with Crippen molar-refractivity contribution in [1.82, 2.24) is 4.98 Å². The van der Waals surface area contributed by atoms with E-state index in [1.807, 2.05) is 24.5 Å². The van der Waals surface area contributed by atoms with Crippen LogP contribution in [0.1, 0.15) is 0 Å². The number of aromatic nitrogens is 1. The van der Waals surface area contributed by atoms with Gasteiger partial charge in [0.25, 0.3) is 6.08 Å². The summed E-state index contributed by atoms with van der Waals surface area (Å²) in [7, 11) is 0. The van der Waals surface area contributed by atoms with Gasteiger partial charge in [-0.3, -0.25) is 0 Å². The van der Waals surface area contributed by atoms with Crippen molar-refractivity contribution in [1.29, 1.82) is 0 Å². The SMILES string of the molecule is C=C(F)F.c1cc[nH]c1. The van der Waals surface area contributed by atoms with Gasteiger partial charge in [0.15, 0.2) is 0 Å². The van der Waals surface area contributed by atoms with Gasteiger partial charge in [-0.05, 0) is 18.7 Å². The standard InChI is InChI=1S/C4H5N.C2H2F2/c1-2-4-5-3-1;1-2(3)4/h1-5H;1H2. The molecule has 0 unspecified atom stereocenters. The first-order valence-corrected chi connectivity index (χ1v) is 2.31. The van der Waals surface area contributed by atoms with Gasteiger partial charge in [0.2, 0.25) is 0 Å². The van der Waals surface area contributed by atoms with Gasteiger partial charge >= 0.3 is 0 Å². The normalized spacial score (nSPS) is 7.33. The lowest BCUT2D eigenvalue weighted by Crippen LogP contribution is -1.38. The molecule has 50 valence electrons. The largest absolute Gasteiger partial charge is 0.368 e. The summed E-state index contributed by atoms with van der Waals surface area (Å²) < 4.78 is 20.3. The monoisotopic (exact) mass is 131 g/mol. The van der Waals surface area contributed by atoms with Gasteiger partial charge in [0.1, 0.15) is 0 Å². The smallest absolute Gasteiger partial charge is 0.263 e. The van der Waals surface area contributed by atoms with Gasteiger partial charge in [0, 0.05) is 12.4 Å². The molecule has 1 nitrogen and oxygen atoms in total. The van der Waals surface area contributed by atoms with E-state index >= 15 is 0 Å². The highest BCUT2D eigenvalue weighted by Gasteiger charge is 1.65. The second-order valence-electron chi connectivity index (χ2n) is 1.22. The Bertz CT molecular complexity index is 125. The number of H-pyrrole nitrogens is 1. The number of halogens is 2. The minimum atomic E-state index is -1.83. The fourth-order valence-electron chi connectivity index (χ4n) is 0.278. The molecule has 0 aliphatic carbocycles. The first-order chi connectivity index (χ1) is 4.23. The molecule has 0 radical (unpaired) electrons. The highest BCUT2D eigenvalue weighted by Crippen LogP contribution is 1.85. The predicted octanol–water partition coefficient (Wildman–Crippen LogP) is 2.41. The molecule has 0 aliphatic heterocycles. The Morgan fingerprint density at radius 2 is 1.56 bits per heavy atom. The van der Waals surface area contributed by atoms with Crippen LogP contribution in [0.15, 0.2) is 37.2 Å². The van der Waals surface area contributed by atoms with E-state index in [0.717, 1.165) is 0 Å². The maximum atomic E-state index is 10.1. The van der Waals surface area contributed by atoms with Gasteiger partial charge in [0.05, 0.1) is 0 Å². The minimum Gasteiger partial charge on any atom is -0.368 e. The fraction of sp³-hybridized carbons (Fsp3) is 0. The summed E-state index contributed by atoms with van der Waals surface area (Å²) in [6.45, 7) is 2.22. The Morgan fingerprint density at radius 1 is 1.22 bits per heavy atom. The van der Waals surface area contributed by atoms with Crippen molar-refractivity contribution in [3.8, 4) is 0 Å². The predicted molar refractivity (Wildman–Crippen MR) is 32.1 cm³/mol. The summed E-state index contributed by atoms with van der Waals surface area (Å²) in [5, 5.41) is 0. The van der Waals surface area contributed by atoms with E-state index in [0.29, 0.717) is 0 Å². The zero-order valence-corrected chi connectivity index (χ0v) is 4.77. The number of aromatic amines is 1. The lowest BCUT2D eigenvalue weighted by Gasteiger charge is -1.54. The molecule has 0 saturated heterocycles. The molecule has 0 aliphatic rings. The van der Waals surface area contributed by atoms with Crippen molar-refractivity contribution >= 4 is 0 Å². The molecule has 0 atom stereocenters. The van der Waals surface area contributed by atoms with Crippen molar-refractivity contribution in [3.05, 3.63) is 37.2 Å². The Balaban J connectivity index is 0.000000148. The van der Waals surface area contributed by atoms with Crippen molar-refractivity contribution in [2.75, 3.05) is 0 Å². The lowest BCUT2D eigenvalue weighted by atomic mass is 10.7. The van der Waals surface area contributed by atoms with Gasteiger partial charge < -0.3 is 4.98 Å². The van der Waals surface area contributed by atoms with Crippen molar-refractivity contribution in [2.45, 2.75) is 0 Å². The zero-order valence-electron chi connectivity index (χ0n) is 4.77. The molecule has 1 heterocycles. The van der Waals surface area contributed by atoms with Crippen LogP contribution in [0.5, 0.6) is 0 Å². The third-order valence-corrected chi connectivity index (χ3v) is 0.496. The molecule has 0 aromatic carbocycles. The number of nitrogens with one attached hydrogen (secondary N) is 1. The molecule has 1 rings (SSSR count). The topological polar surface area (TPSA) is 15.8 Å². The Hall–Kier alpha value is -1.12. The molecule has 1 N–H and O–H groups in total. The van der Waals surface area contributed by atoms with Crippen LogP contribution in [0.2, 0.25) is 0 Å². The van der Waals surface area contributed by atoms with Gasteiger partial charge in [-0.15, -0.1) is 0 Å². The average Bonchev–Trinajstić information content (AvgIpc) is 2.11. The Kier molecular flexibility index (Phi) is 4.40. The van der Waals surface area contributed by atoms with Crippen LogP contribution in [0.25, 0.3) is 0 Å². The maximum Gasteiger partial charge on any atom is 0.263 e. The Labute approximate surface area is 52.0 Å². The summed E-state index contributed by atoms with van der Waals surface area (Å²) in [5.74, 6) is 0. The second kappa shape index (κ2) is 5.03. The Morgan fingerprint density at radius 3 is 1.67 bits per heavy atom. The van der Waals surface area contributed by atoms with Crippen molar-refractivity contribution in [3.63, 3.8) is 0 Å². The first kappa shape index (κ1) is 7.88. The molecule has 1 aromatic rings. The van der Waals surface area contributed by atoms with Crippen LogP contribution in [0.3, 0.4) is 0 Å². The van der Waals surface area contributed by atoms with Gasteiger partial charge in [-0.1, -0.05) is 0 Å². The summed E-state index contributed by atoms with van der Waals surface area (Å²) in [4.78, 5) is 2.86. The highest BCUT2D eigenvalue weighted by atomic mass is 19.3. The molecule has 3 heteroatoms. The summed E-state index contributed by atoms with van der Waals surface area (Å²) in [5.41, 5.74) is 0. The van der Waals surface area contributed by atoms with Crippen molar-refractivity contribution in [2.24, 2.45) is 0 Å². The first-order valence-electron chi connectivity index (χ1n) is 2.31. The molecular weight excluding hydrogens is 124 g/mol. The van der Waals surface area contributed by atoms with E-state index in [1.165, 1.54) is 0 Å². The van der Waals surface area contributed by atoms with E-state index in [-0.39, 0.29) is 0 Å². The lowest BCUT2D eigenvalue weighted by molar-refractivity contribution is 0.426. The summed E-state index contributed by atoms with van der Waals surface area (Å²) >= 11 is 0. The third-order valence-electron chi connectivity index (χ3n) is 0.496. The maximum absolute atomic E-state index is 10.1. The van der Waals surface area contributed by atoms with Crippen LogP contribution in [0.4, 0.5) is 8.78 Å². The fourth-order valence-corrected chi connectivity index (χ4v) is 0.278. The van der Waals surface area contributed by atoms with E-state index in [9.17, 15) is 8.78 Å². The van der Waals surface area contributed by atoms with Crippen LogP contribution < -0.4 is 0 Å². The molecular formula is C6H7F2N. The van der Waals surface area contributed by atoms with E-state index in [2.05, 4.69) is 11.6 Å². The molecule has 1 aromatic heterocycles. The van der Waals surface area contributed by atoms with Gasteiger partial charge in [-0.25, -0.2) is 0 Å². The molecule has 0 amide bonds. The van der Waals surface area contributed by atoms with E-state index in [1.54, 1.807) is 0 Å². The van der Waals surface area contributed by atoms with Crippen LogP contribution in [-0.2, 0) is 0 Å². The van der Waals surface area contributed by atoms with E-state index in [4.69, 9.17) is 0 Å². The minimum absolute atomic E-state index is 1.83. The van der Waals surface area contributed by atoms with Crippen LogP contribution in [0, 0.1) is 0 Å². The number of hydrogen-bond donors (Lipinski definition) is 1. The average molecular weight is 131 g/mol. The molecule has 0 fully saturated rings. The molecule has 9 heavy (non-hydrogen) atoms. The summed E-state index contributed by atoms with van der Waals surface area (Å²) in [6.07, 6.45) is 1.92. The van der Waals surface area contributed by atoms with Crippen molar-refractivity contribution < 1.29 is 8.78 Å². The molecule has 0 spiro atoms. The van der Waals surface area contributed by atoms with E-state index < -0.39 is 6.08 Å². The molecule has 0 bridgehead atoms. The summed E-state index contributed by atoms with van der Waals surface area (Å²) in [6, 6.07) is 3.89. The highest BCUT2D eigenvalue weighted by molar-refractivity contribution is 4.84. The van der Waals surface area contributed by atoms with Gasteiger partial charge in [-0.2, -0.15) is 8.78 Å². The number of hydrogen-bond acceptors (Lipinski definition) is 0. The second-order valence-corrected chi connectivity index (χ2v) is 1.22. The van der Waals surface area contributed by atoms with Crippen LogP contribution >= 0.6 is 0 Å².